The SMILES string of the molecule is CN1CCCC1CCN1CC(=O)[N]C1=O. The van der Waals surface area contributed by atoms with E-state index in [-0.39, 0.29) is 18.5 Å². The summed E-state index contributed by atoms with van der Waals surface area (Å²) in [6.45, 7) is 1.97. The lowest BCUT2D eigenvalue weighted by Gasteiger charge is -2.21. The van der Waals surface area contributed by atoms with Crippen molar-refractivity contribution in [3.63, 3.8) is 0 Å². The van der Waals surface area contributed by atoms with Gasteiger partial charge in [-0.3, -0.25) is 4.79 Å². The van der Waals surface area contributed by atoms with E-state index in [0.717, 1.165) is 13.0 Å². The first-order chi connectivity index (χ1) is 7.16. The van der Waals surface area contributed by atoms with Crippen LogP contribution in [0.25, 0.3) is 0 Å². The maximum absolute atomic E-state index is 11.2. The molecule has 0 N–H and O–H groups in total. The third kappa shape index (κ3) is 2.28. The Kier molecular flexibility index (Phi) is 2.90. The highest BCUT2D eigenvalue weighted by atomic mass is 16.2. The van der Waals surface area contributed by atoms with Gasteiger partial charge in [-0.25, -0.2) is 4.79 Å². The molecule has 2 saturated heterocycles. The van der Waals surface area contributed by atoms with Crippen molar-refractivity contribution in [2.24, 2.45) is 0 Å². The molecule has 3 amide bonds. The number of carbonyl (C=O) groups is 2. The van der Waals surface area contributed by atoms with E-state index in [1.807, 2.05) is 0 Å². The van der Waals surface area contributed by atoms with Gasteiger partial charge in [0.2, 0.25) is 0 Å². The molecule has 0 aromatic heterocycles. The summed E-state index contributed by atoms with van der Waals surface area (Å²) in [5, 5.41) is 3.37. The Morgan fingerprint density at radius 3 is 2.80 bits per heavy atom. The average Bonchev–Trinajstić information content (AvgIpc) is 2.70. The summed E-state index contributed by atoms with van der Waals surface area (Å²) in [5.41, 5.74) is 0. The Morgan fingerprint density at radius 2 is 2.27 bits per heavy atom. The molecule has 0 bridgehead atoms. The minimum absolute atomic E-state index is 0.176. The molecule has 83 valence electrons. The highest BCUT2D eigenvalue weighted by Crippen LogP contribution is 2.18. The van der Waals surface area contributed by atoms with Gasteiger partial charge < -0.3 is 9.80 Å². The second-order valence-corrected chi connectivity index (χ2v) is 4.28. The fourth-order valence-corrected chi connectivity index (χ4v) is 2.27. The first-order valence-corrected chi connectivity index (χ1v) is 5.40. The minimum Gasteiger partial charge on any atom is -0.313 e. The van der Waals surface area contributed by atoms with Gasteiger partial charge in [-0.2, -0.15) is 5.32 Å². The van der Waals surface area contributed by atoms with Gasteiger partial charge >= 0.3 is 6.03 Å². The molecule has 15 heavy (non-hydrogen) atoms. The number of imide groups is 1. The van der Waals surface area contributed by atoms with Crippen molar-refractivity contribution in [1.82, 2.24) is 15.1 Å². The van der Waals surface area contributed by atoms with Crippen LogP contribution in [0.2, 0.25) is 0 Å². The first kappa shape index (κ1) is 10.4. The van der Waals surface area contributed by atoms with Gasteiger partial charge in [-0.1, -0.05) is 0 Å². The predicted octanol–water partition coefficient (Wildman–Crippen LogP) is 0.0373. The van der Waals surface area contributed by atoms with E-state index in [0.29, 0.717) is 12.6 Å². The molecule has 2 rings (SSSR count). The lowest BCUT2D eigenvalue weighted by atomic mass is 10.1. The van der Waals surface area contributed by atoms with E-state index in [1.165, 1.54) is 17.7 Å². The van der Waals surface area contributed by atoms with Crippen LogP contribution in [-0.4, -0.2) is 54.5 Å². The van der Waals surface area contributed by atoms with Crippen LogP contribution in [0.4, 0.5) is 4.79 Å². The summed E-state index contributed by atoms with van der Waals surface area (Å²) in [4.78, 5) is 25.9. The van der Waals surface area contributed by atoms with Crippen LogP contribution in [0.15, 0.2) is 0 Å². The minimum atomic E-state index is -0.361. The molecule has 2 fully saturated rings. The van der Waals surface area contributed by atoms with Gasteiger partial charge in [-0.15, -0.1) is 0 Å². The van der Waals surface area contributed by atoms with Crippen LogP contribution in [0.5, 0.6) is 0 Å². The van der Waals surface area contributed by atoms with E-state index >= 15 is 0 Å². The molecule has 5 heteroatoms. The fraction of sp³-hybridized carbons (Fsp3) is 0.800. The van der Waals surface area contributed by atoms with E-state index < -0.39 is 0 Å². The molecule has 0 aromatic carbocycles. The third-order valence-electron chi connectivity index (χ3n) is 3.22. The van der Waals surface area contributed by atoms with Crippen LogP contribution < -0.4 is 5.32 Å². The Hall–Kier alpha value is -1.10. The molecule has 2 aliphatic rings. The van der Waals surface area contributed by atoms with Crippen LogP contribution in [0, 0.1) is 0 Å². The van der Waals surface area contributed by atoms with E-state index in [9.17, 15) is 9.59 Å². The lowest BCUT2D eigenvalue weighted by molar-refractivity contribution is -0.118. The smallest absolute Gasteiger partial charge is 0.313 e. The molecule has 0 aliphatic carbocycles. The normalized spacial score (nSPS) is 27.5. The van der Waals surface area contributed by atoms with E-state index in [2.05, 4.69) is 17.3 Å². The zero-order chi connectivity index (χ0) is 10.8. The molecular weight excluding hydrogens is 194 g/mol. The molecule has 2 heterocycles. The maximum Gasteiger partial charge on any atom is 0.347 e. The molecule has 0 saturated carbocycles. The van der Waals surface area contributed by atoms with Gasteiger partial charge in [0, 0.05) is 12.6 Å². The van der Waals surface area contributed by atoms with Crippen molar-refractivity contribution in [3.8, 4) is 0 Å². The number of urea groups is 1. The van der Waals surface area contributed by atoms with Gasteiger partial charge in [-0.05, 0) is 32.9 Å². The summed E-state index contributed by atoms with van der Waals surface area (Å²) in [6.07, 6.45) is 3.38. The molecule has 0 spiro atoms. The average molecular weight is 210 g/mol. The fourth-order valence-electron chi connectivity index (χ4n) is 2.27. The Bertz CT molecular complexity index is 280. The highest BCUT2D eigenvalue weighted by Gasteiger charge is 2.30. The highest BCUT2D eigenvalue weighted by molar-refractivity contribution is 6.01. The monoisotopic (exact) mass is 210 g/mol. The van der Waals surface area contributed by atoms with Crippen LogP contribution in [-0.2, 0) is 4.79 Å². The Morgan fingerprint density at radius 1 is 1.47 bits per heavy atom. The van der Waals surface area contributed by atoms with Crippen LogP contribution in [0.3, 0.4) is 0 Å². The number of likely N-dealkylation sites (tertiary alicyclic amines) is 1. The van der Waals surface area contributed by atoms with Gasteiger partial charge in [0.05, 0.1) is 0 Å². The summed E-state index contributed by atoms with van der Waals surface area (Å²) < 4.78 is 0. The van der Waals surface area contributed by atoms with Gasteiger partial charge in [0.15, 0.2) is 0 Å². The molecule has 2 aliphatic heterocycles. The van der Waals surface area contributed by atoms with Gasteiger partial charge in [0.1, 0.15) is 6.54 Å². The van der Waals surface area contributed by atoms with Crippen molar-refractivity contribution in [2.45, 2.75) is 25.3 Å². The zero-order valence-corrected chi connectivity index (χ0v) is 8.98. The molecule has 1 radical (unpaired) electrons. The third-order valence-corrected chi connectivity index (χ3v) is 3.22. The van der Waals surface area contributed by atoms with Crippen molar-refractivity contribution < 1.29 is 9.59 Å². The molecule has 1 unspecified atom stereocenters. The Balaban J connectivity index is 1.78. The summed E-state index contributed by atoms with van der Waals surface area (Å²) in [7, 11) is 2.11. The topological polar surface area (TPSA) is 54.7 Å². The summed E-state index contributed by atoms with van der Waals surface area (Å²) >= 11 is 0. The zero-order valence-electron chi connectivity index (χ0n) is 8.98. The van der Waals surface area contributed by atoms with Crippen molar-refractivity contribution in [1.29, 1.82) is 0 Å². The number of hydrogen-bond donors (Lipinski definition) is 0. The first-order valence-electron chi connectivity index (χ1n) is 5.40. The van der Waals surface area contributed by atoms with Crippen LogP contribution in [0.1, 0.15) is 19.3 Å². The lowest BCUT2D eigenvalue weighted by Crippen LogP contribution is -2.33. The standard InChI is InChI=1S/C10H16N3O2/c1-12-5-2-3-8(12)4-6-13-7-9(14)11-10(13)15/h8H,2-7H2,1H3. The molecule has 0 aromatic rings. The number of rotatable bonds is 3. The van der Waals surface area contributed by atoms with Crippen molar-refractivity contribution >= 4 is 11.9 Å². The molecular formula is C10H16N3O2. The number of nitrogens with zero attached hydrogens (tertiary/aromatic N) is 3. The van der Waals surface area contributed by atoms with Crippen molar-refractivity contribution in [2.75, 3.05) is 26.7 Å². The summed E-state index contributed by atoms with van der Waals surface area (Å²) in [5.74, 6) is -0.306. The van der Waals surface area contributed by atoms with Crippen molar-refractivity contribution in [3.05, 3.63) is 0 Å². The Labute approximate surface area is 89.4 Å². The predicted molar refractivity (Wildman–Crippen MR) is 54.4 cm³/mol. The summed E-state index contributed by atoms with van der Waals surface area (Å²) in [6, 6.07) is 0.203. The number of hydrogen-bond acceptors (Lipinski definition) is 3. The van der Waals surface area contributed by atoms with Crippen LogP contribution >= 0.6 is 0 Å². The second-order valence-electron chi connectivity index (χ2n) is 4.28. The van der Waals surface area contributed by atoms with E-state index in [4.69, 9.17) is 0 Å². The second kappa shape index (κ2) is 4.18. The quantitative estimate of drug-likeness (QED) is 0.618. The maximum atomic E-state index is 11.2. The van der Waals surface area contributed by atoms with E-state index in [1.54, 1.807) is 0 Å². The number of amides is 3. The largest absolute Gasteiger partial charge is 0.347 e. The molecule has 1 atom stereocenters. The number of carbonyl (C=O) groups excluding carboxylic acids is 2. The van der Waals surface area contributed by atoms with Gasteiger partial charge in [0.25, 0.3) is 5.91 Å². The molecule has 5 nitrogen and oxygen atoms in total.